The van der Waals surface area contributed by atoms with E-state index in [2.05, 4.69) is 22.3 Å². The third-order valence-corrected chi connectivity index (χ3v) is 6.04. The number of halogens is 1. The summed E-state index contributed by atoms with van der Waals surface area (Å²) in [5.41, 5.74) is 2.61. The van der Waals surface area contributed by atoms with Gasteiger partial charge in [0, 0.05) is 16.3 Å². The highest BCUT2D eigenvalue weighted by atomic mass is 35.5. The molecule has 0 saturated carbocycles. The second-order valence-electron chi connectivity index (χ2n) is 6.63. The molecule has 0 aromatic heterocycles. The molecule has 0 saturated heterocycles. The molecule has 0 spiro atoms. The molecule has 7 heteroatoms. The van der Waals surface area contributed by atoms with Crippen molar-refractivity contribution in [2.75, 3.05) is 23.4 Å². The van der Waals surface area contributed by atoms with E-state index in [0.717, 1.165) is 21.2 Å². The summed E-state index contributed by atoms with van der Waals surface area (Å²) in [4.78, 5) is 28.7. The molecule has 1 aliphatic heterocycles. The zero-order valence-corrected chi connectivity index (χ0v) is 17.6. The maximum atomic E-state index is 12.3. The highest BCUT2D eigenvalue weighted by molar-refractivity contribution is 7.99. The Bertz CT molecular complexity index is 1040. The minimum atomic E-state index is -0.433. The number of benzene rings is 3. The van der Waals surface area contributed by atoms with Crippen LogP contribution in [0.1, 0.15) is 6.42 Å². The number of nitrogens with one attached hydrogen (secondary N) is 1. The summed E-state index contributed by atoms with van der Waals surface area (Å²) in [5, 5.41) is 3.06. The second kappa shape index (κ2) is 9.24. The predicted molar refractivity (Wildman–Crippen MR) is 120 cm³/mol. The van der Waals surface area contributed by atoms with Crippen LogP contribution in [0.15, 0.2) is 82.6 Å². The molecule has 0 fully saturated rings. The molecule has 0 unspecified atom stereocenters. The van der Waals surface area contributed by atoms with Crippen molar-refractivity contribution in [1.29, 1.82) is 0 Å². The van der Waals surface area contributed by atoms with Crippen LogP contribution < -0.4 is 10.2 Å². The first-order chi connectivity index (χ1) is 14.6. The maximum absolute atomic E-state index is 12.3. The van der Waals surface area contributed by atoms with Crippen LogP contribution in [0, 0.1) is 0 Å². The highest BCUT2D eigenvalue weighted by Crippen LogP contribution is 2.47. The van der Waals surface area contributed by atoms with Crippen molar-refractivity contribution in [3.8, 4) is 0 Å². The molecular weight excluding hydrogens is 420 g/mol. The van der Waals surface area contributed by atoms with Crippen LogP contribution in [0.4, 0.5) is 17.1 Å². The largest absolute Gasteiger partial charge is 0.456 e. The number of esters is 1. The molecule has 3 aromatic rings. The van der Waals surface area contributed by atoms with Crippen LogP contribution in [0.25, 0.3) is 0 Å². The lowest BCUT2D eigenvalue weighted by molar-refractivity contribution is -0.147. The predicted octanol–water partition coefficient (Wildman–Crippen LogP) is 5.51. The Morgan fingerprint density at radius 1 is 0.900 bits per heavy atom. The van der Waals surface area contributed by atoms with Gasteiger partial charge in [0.15, 0.2) is 6.61 Å². The Morgan fingerprint density at radius 3 is 2.17 bits per heavy atom. The third-order valence-electron chi connectivity index (χ3n) is 4.58. The molecule has 4 rings (SSSR count). The molecule has 5 nitrogen and oxygen atoms in total. The molecule has 30 heavy (non-hydrogen) atoms. The Kier molecular flexibility index (Phi) is 6.26. The molecule has 0 radical (unpaired) electrons. The number of rotatable bonds is 6. The summed E-state index contributed by atoms with van der Waals surface area (Å²) >= 11 is 7.73. The Labute approximate surface area is 184 Å². The van der Waals surface area contributed by atoms with Gasteiger partial charge >= 0.3 is 5.97 Å². The number of ether oxygens (including phenoxy) is 1. The average molecular weight is 439 g/mol. The van der Waals surface area contributed by atoms with Gasteiger partial charge in [-0.25, -0.2) is 0 Å². The van der Waals surface area contributed by atoms with Gasteiger partial charge in [-0.3, -0.25) is 9.59 Å². The van der Waals surface area contributed by atoms with Crippen LogP contribution in [0.5, 0.6) is 0 Å². The fourth-order valence-corrected chi connectivity index (χ4v) is 4.47. The standard InChI is InChI=1S/C23H19ClN2O3S/c24-16-7-1-2-8-17(16)25-22(27)15-29-23(28)13-14-26-18-9-3-5-11-20(18)30-21-12-6-4-10-19(21)26/h1-12H,13-15H2,(H,25,27). The van der Waals surface area contributed by atoms with E-state index in [1.165, 1.54) is 0 Å². The van der Waals surface area contributed by atoms with Crippen molar-refractivity contribution in [2.45, 2.75) is 16.2 Å². The van der Waals surface area contributed by atoms with Crippen LogP contribution in [0.3, 0.4) is 0 Å². The van der Waals surface area contributed by atoms with Gasteiger partial charge in [0.1, 0.15) is 0 Å². The first kappa shape index (κ1) is 20.3. The third kappa shape index (κ3) is 4.61. The van der Waals surface area contributed by atoms with Crippen molar-refractivity contribution >= 4 is 52.3 Å². The average Bonchev–Trinajstić information content (AvgIpc) is 2.76. The van der Waals surface area contributed by atoms with Gasteiger partial charge in [0.25, 0.3) is 5.91 Å². The van der Waals surface area contributed by atoms with E-state index in [0.29, 0.717) is 17.3 Å². The Hall–Kier alpha value is -2.96. The van der Waals surface area contributed by atoms with Gasteiger partial charge in [-0.2, -0.15) is 0 Å². The van der Waals surface area contributed by atoms with Gasteiger partial charge in [-0.15, -0.1) is 0 Å². The quantitative estimate of drug-likeness (QED) is 0.514. The molecular formula is C23H19ClN2O3S. The first-order valence-electron chi connectivity index (χ1n) is 9.45. The number of anilines is 3. The van der Waals surface area contributed by atoms with Crippen molar-refractivity contribution < 1.29 is 14.3 Å². The van der Waals surface area contributed by atoms with E-state index >= 15 is 0 Å². The fraction of sp³-hybridized carbons (Fsp3) is 0.130. The smallest absolute Gasteiger partial charge is 0.308 e. The zero-order chi connectivity index (χ0) is 20.9. The summed E-state index contributed by atoms with van der Waals surface area (Å²) in [6, 6.07) is 23.1. The van der Waals surface area contributed by atoms with Gasteiger partial charge in [-0.05, 0) is 36.4 Å². The molecule has 3 aromatic carbocycles. The van der Waals surface area contributed by atoms with Crippen LogP contribution in [-0.2, 0) is 14.3 Å². The van der Waals surface area contributed by atoms with Gasteiger partial charge in [0.05, 0.1) is 28.5 Å². The van der Waals surface area contributed by atoms with Crippen molar-refractivity contribution in [1.82, 2.24) is 0 Å². The molecule has 1 heterocycles. The van der Waals surface area contributed by atoms with Crippen LogP contribution in [-0.4, -0.2) is 25.0 Å². The van der Waals surface area contributed by atoms with Crippen LogP contribution >= 0.6 is 23.4 Å². The maximum Gasteiger partial charge on any atom is 0.308 e. The summed E-state index contributed by atoms with van der Waals surface area (Å²) in [5.74, 6) is -0.862. The van der Waals surface area contributed by atoms with E-state index in [-0.39, 0.29) is 13.0 Å². The molecule has 0 bridgehead atoms. The topological polar surface area (TPSA) is 58.6 Å². The van der Waals surface area contributed by atoms with E-state index < -0.39 is 11.9 Å². The van der Waals surface area contributed by atoms with E-state index in [9.17, 15) is 9.59 Å². The molecule has 0 atom stereocenters. The van der Waals surface area contributed by atoms with Crippen molar-refractivity contribution in [2.24, 2.45) is 0 Å². The lowest BCUT2D eigenvalue weighted by Crippen LogP contribution is -2.26. The summed E-state index contributed by atoms with van der Waals surface area (Å²) in [6.45, 7) is 0.104. The SMILES string of the molecule is O=C(COC(=O)CCN1c2ccccc2Sc2ccccc21)Nc1ccccc1Cl. The molecule has 1 N–H and O–H groups in total. The highest BCUT2D eigenvalue weighted by Gasteiger charge is 2.23. The summed E-state index contributed by atoms with van der Waals surface area (Å²) in [6.07, 6.45) is 0.159. The monoisotopic (exact) mass is 438 g/mol. The van der Waals surface area contributed by atoms with E-state index in [4.69, 9.17) is 16.3 Å². The lowest BCUT2D eigenvalue weighted by atomic mass is 10.2. The molecule has 1 amide bonds. The Balaban J connectivity index is 1.35. The Morgan fingerprint density at radius 2 is 1.50 bits per heavy atom. The van der Waals surface area contributed by atoms with E-state index in [1.807, 2.05) is 36.4 Å². The normalized spacial score (nSPS) is 12.0. The zero-order valence-electron chi connectivity index (χ0n) is 16.0. The second-order valence-corrected chi connectivity index (χ2v) is 8.12. The molecule has 0 aliphatic carbocycles. The van der Waals surface area contributed by atoms with Crippen molar-refractivity contribution in [3.63, 3.8) is 0 Å². The van der Waals surface area contributed by atoms with Crippen molar-refractivity contribution in [3.05, 3.63) is 77.8 Å². The van der Waals surface area contributed by atoms with Gasteiger partial charge in [0.2, 0.25) is 0 Å². The number of hydrogen-bond acceptors (Lipinski definition) is 5. The van der Waals surface area contributed by atoms with Gasteiger partial charge in [-0.1, -0.05) is 59.8 Å². The minimum Gasteiger partial charge on any atom is -0.456 e. The fourth-order valence-electron chi connectivity index (χ4n) is 3.19. The first-order valence-corrected chi connectivity index (χ1v) is 10.6. The van der Waals surface area contributed by atoms with Gasteiger partial charge < -0.3 is 15.0 Å². The number of nitrogens with zero attached hydrogens (tertiary/aromatic N) is 1. The molecule has 152 valence electrons. The summed E-state index contributed by atoms with van der Waals surface area (Å²) in [7, 11) is 0. The number of fused-ring (bicyclic) bond motifs is 2. The summed E-state index contributed by atoms with van der Waals surface area (Å²) < 4.78 is 5.16. The number of para-hydroxylation sites is 3. The number of hydrogen-bond donors (Lipinski definition) is 1. The van der Waals surface area contributed by atoms with E-state index in [1.54, 1.807) is 36.0 Å². The minimum absolute atomic E-state index is 0.159. The number of carbonyl (C=O) groups excluding carboxylic acids is 2. The lowest BCUT2D eigenvalue weighted by Gasteiger charge is -2.32. The number of carbonyl (C=O) groups is 2. The van der Waals surface area contributed by atoms with Crippen LogP contribution in [0.2, 0.25) is 5.02 Å². The number of amides is 1. The molecule has 1 aliphatic rings.